The summed E-state index contributed by atoms with van der Waals surface area (Å²) in [4.78, 5) is 26.2. The first kappa shape index (κ1) is 17.2. The van der Waals surface area contributed by atoms with Crippen molar-refractivity contribution in [2.45, 2.75) is 26.8 Å². The molecule has 0 aliphatic heterocycles. The number of nitrogens with one attached hydrogen (secondary N) is 2. The molecule has 0 aliphatic carbocycles. The number of carbonyl (C=O) groups excluding carboxylic acids is 1. The van der Waals surface area contributed by atoms with Gasteiger partial charge in [-0.1, -0.05) is 31.5 Å². The summed E-state index contributed by atoms with van der Waals surface area (Å²) >= 11 is 5.78. The summed E-state index contributed by atoms with van der Waals surface area (Å²) in [5.74, 6) is -0.862. The molecule has 4 nitrogen and oxygen atoms in total. The summed E-state index contributed by atoms with van der Waals surface area (Å²) in [6.07, 6.45) is 1.36. The van der Waals surface area contributed by atoms with Crippen molar-refractivity contribution in [2.24, 2.45) is 5.92 Å². The first-order valence-corrected chi connectivity index (χ1v) is 7.62. The molecule has 1 amide bonds. The molecule has 0 saturated heterocycles. The van der Waals surface area contributed by atoms with Crippen LogP contribution in [0.3, 0.4) is 0 Å². The van der Waals surface area contributed by atoms with E-state index in [-0.39, 0.29) is 17.4 Å². The lowest BCUT2D eigenvalue weighted by atomic mass is 9.95. The number of amides is 1. The molecule has 1 heterocycles. The molecular weight excluding hydrogens is 319 g/mol. The monoisotopic (exact) mass is 336 g/mol. The molecule has 122 valence electrons. The van der Waals surface area contributed by atoms with Gasteiger partial charge in [-0.25, -0.2) is 4.39 Å². The average molecular weight is 337 g/mol. The number of carbonyl (C=O) groups is 1. The van der Waals surface area contributed by atoms with Crippen LogP contribution in [-0.4, -0.2) is 10.9 Å². The molecule has 0 saturated carbocycles. The van der Waals surface area contributed by atoms with Gasteiger partial charge in [-0.05, 0) is 30.5 Å². The Balaban J connectivity index is 2.32. The maximum Gasteiger partial charge on any atom is 0.253 e. The van der Waals surface area contributed by atoms with Crippen molar-refractivity contribution in [2.75, 3.05) is 0 Å². The number of hydrogen-bond donors (Lipinski definition) is 2. The van der Waals surface area contributed by atoms with Gasteiger partial charge in [0.1, 0.15) is 5.82 Å². The van der Waals surface area contributed by atoms with Gasteiger partial charge in [0.2, 0.25) is 5.56 Å². The van der Waals surface area contributed by atoms with Crippen LogP contribution in [0.2, 0.25) is 5.02 Å². The summed E-state index contributed by atoms with van der Waals surface area (Å²) in [5, 5.41) is 3.13. The molecule has 23 heavy (non-hydrogen) atoms. The topological polar surface area (TPSA) is 62.0 Å². The number of aromatic nitrogens is 1. The van der Waals surface area contributed by atoms with Crippen LogP contribution >= 0.6 is 11.6 Å². The summed E-state index contributed by atoms with van der Waals surface area (Å²) < 4.78 is 14.2. The van der Waals surface area contributed by atoms with Crippen molar-refractivity contribution in [3.05, 3.63) is 68.3 Å². The Bertz CT molecular complexity index is 786. The summed E-state index contributed by atoms with van der Waals surface area (Å²) in [6.45, 7) is 5.45. The molecule has 6 heteroatoms. The van der Waals surface area contributed by atoms with E-state index in [1.807, 2.05) is 13.8 Å². The minimum absolute atomic E-state index is 0.0299. The molecule has 1 atom stereocenters. The first-order valence-electron chi connectivity index (χ1n) is 7.24. The Morgan fingerprint density at radius 3 is 2.57 bits per heavy atom. The molecular formula is C17H18ClFN2O2. The second-order valence-electron chi connectivity index (χ2n) is 5.75. The smallest absolute Gasteiger partial charge is 0.253 e. The molecule has 2 aromatic rings. The van der Waals surface area contributed by atoms with Gasteiger partial charge in [0.25, 0.3) is 5.91 Å². The average Bonchev–Trinajstić information content (AvgIpc) is 2.45. The zero-order valence-corrected chi connectivity index (χ0v) is 13.9. The van der Waals surface area contributed by atoms with E-state index in [0.717, 1.165) is 0 Å². The molecule has 0 fully saturated rings. The van der Waals surface area contributed by atoms with Crippen LogP contribution in [0.25, 0.3) is 0 Å². The van der Waals surface area contributed by atoms with Gasteiger partial charge in [-0.3, -0.25) is 9.59 Å². The molecule has 0 unspecified atom stereocenters. The van der Waals surface area contributed by atoms with Gasteiger partial charge >= 0.3 is 0 Å². The number of pyridine rings is 1. The third-order valence-corrected chi connectivity index (χ3v) is 3.86. The molecule has 0 radical (unpaired) electrons. The van der Waals surface area contributed by atoms with Gasteiger partial charge in [0, 0.05) is 22.8 Å². The number of benzene rings is 1. The Kier molecular flexibility index (Phi) is 5.21. The highest BCUT2D eigenvalue weighted by Crippen LogP contribution is 2.26. The molecule has 0 spiro atoms. The predicted octanol–water partition coefficient (Wildman–Crippen LogP) is 3.60. The van der Waals surface area contributed by atoms with E-state index in [2.05, 4.69) is 10.3 Å². The Morgan fingerprint density at radius 2 is 2.00 bits per heavy atom. The standard InChI is InChI=1S/C17H18ClFN2O2/c1-9(2)16(12-5-4-11(18)7-14(12)19)21-17(23)13-8-20-15(22)6-10(13)3/h4-9,16H,1-3H3,(H,20,22)(H,21,23)/t16-/m1/s1. The Morgan fingerprint density at radius 1 is 1.30 bits per heavy atom. The minimum atomic E-state index is -0.508. The zero-order chi connectivity index (χ0) is 17.1. The molecule has 1 aromatic heterocycles. The van der Waals surface area contributed by atoms with Crippen LogP contribution < -0.4 is 10.9 Å². The lowest BCUT2D eigenvalue weighted by Crippen LogP contribution is -2.33. The van der Waals surface area contributed by atoms with Crippen molar-refractivity contribution in [3.8, 4) is 0 Å². The van der Waals surface area contributed by atoms with E-state index in [4.69, 9.17) is 11.6 Å². The van der Waals surface area contributed by atoms with E-state index in [1.165, 1.54) is 18.3 Å². The zero-order valence-electron chi connectivity index (χ0n) is 13.1. The van der Waals surface area contributed by atoms with Crippen LogP contribution in [0.1, 0.15) is 41.4 Å². The SMILES string of the molecule is Cc1cc(=O)[nH]cc1C(=O)N[C@@H](c1ccc(Cl)cc1F)C(C)C. The fourth-order valence-corrected chi connectivity index (χ4v) is 2.55. The number of halogens is 2. The lowest BCUT2D eigenvalue weighted by Gasteiger charge is -2.24. The second-order valence-corrected chi connectivity index (χ2v) is 6.19. The Hall–Kier alpha value is -2.14. The quantitative estimate of drug-likeness (QED) is 0.896. The maximum absolute atomic E-state index is 14.2. The molecule has 0 bridgehead atoms. The largest absolute Gasteiger partial charge is 0.345 e. The fourth-order valence-electron chi connectivity index (χ4n) is 2.39. The van der Waals surface area contributed by atoms with Gasteiger partial charge in [0.15, 0.2) is 0 Å². The van der Waals surface area contributed by atoms with E-state index < -0.39 is 11.9 Å². The number of aryl methyl sites for hydroxylation is 1. The van der Waals surface area contributed by atoms with Gasteiger partial charge in [0.05, 0.1) is 11.6 Å². The molecule has 2 N–H and O–H groups in total. The normalized spacial score (nSPS) is 12.3. The summed E-state index contributed by atoms with van der Waals surface area (Å²) in [7, 11) is 0. The highest BCUT2D eigenvalue weighted by atomic mass is 35.5. The highest BCUT2D eigenvalue weighted by Gasteiger charge is 2.23. The second kappa shape index (κ2) is 6.96. The minimum Gasteiger partial charge on any atom is -0.345 e. The third kappa shape index (κ3) is 3.99. The van der Waals surface area contributed by atoms with E-state index >= 15 is 0 Å². The highest BCUT2D eigenvalue weighted by molar-refractivity contribution is 6.30. The van der Waals surface area contributed by atoms with Crippen molar-refractivity contribution in [1.82, 2.24) is 10.3 Å². The number of hydrogen-bond acceptors (Lipinski definition) is 2. The fraction of sp³-hybridized carbons (Fsp3) is 0.294. The van der Waals surface area contributed by atoms with E-state index in [9.17, 15) is 14.0 Å². The van der Waals surface area contributed by atoms with Crippen LogP contribution in [0.4, 0.5) is 4.39 Å². The van der Waals surface area contributed by atoms with Crippen molar-refractivity contribution in [1.29, 1.82) is 0 Å². The molecule has 0 aliphatic rings. The first-order chi connectivity index (χ1) is 10.8. The predicted molar refractivity (Wildman–Crippen MR) is 88.3 cm³/mol. The third-order valence-electron chi connectivity index (χ3n) is 3.63. The maximum atomic E-state index is 14.2. The van der Waals surface area contributed by atoms with Gasteiger partial charge in [-0.15, -0.1) is 0 Å². The number of rotatable bonds is 4. The Labute approximate surface area is 138 Å². The summed E-state index contributed by atoms with van der Waals surface area (Å²) in [5.41, 5.74) is 1.01. The number of H-pyrrole nitrogens is 1. The lowest BCUT2D eigenvalue weighted by molar-refractivity contribution is 0.0923. The van der Waals surface area contributed by atoms with Gasteiger partial charge < -0.3 is 10.3 Å². The molecule has 1 aromatic carbocycles. The van der Waals surface area contributed by atoms with Gasteiger partial charge in [-0.2, -0.15) is 0 Å². The van der Waals surface area contributed by atoms with Crippen LogP contribution in [0, 0.1) is 18.7 Å². The molecule has 2 rings (SSSR count). The van der Waals surface area contributed by atoms with Crippen LogP contribution in [0.5, 0.6) is 0 Å². The van der Waals surface area contributed by atoms with Crippen LogP contribution in [-0.2, 0) is 0 Å². The van der Waals surface area contributed by atoms with E-state index in [1.54, 1.807) is 19.1 Å². The summed E-state index contributed by atoms with van der Waals surface area (Å²) in [6, 6.07) is 5.23. The van der Waals surface area contributed by atoms with Crippen molar-refractivity contribution >= 4 is 17.5 Å². The van der Waals surface area contributed by atoms with Crippen LogP contribution in [0.15, 0.2) is 35.3 Å². The van der Waals surface area contributed by atoms with Crippen molar-refractivity contribution < 1.29 is 9.18 Å². The van der Waals surface area contributed by atoms with Crippen molar-refractivity contribution in [3.63, 3.8) is 0 Å². The van der Waals surface area contributed by atoms with E-state index in [0.29, 0.717) is 21.7 Å². The number of aromatic amines is 1.